The highest BCUT2D eigenvalue weighted by Crippen LogP contribution is 2.44. The molecule has 0 saturated carbocycles. The number of fused-ring (bicyclic) bond motifs is 2. The average Bonchev–Trinajstić information content (AvgIpc) is 3.43. The van der Waals surface area contributed by atoms with Crippen LogP contribution in [0.25, 0.3) is 11.1 Å². The number of aliphatic hydroxyl groups excluding tert-OH is 1. The van der Waals surface area contributed by atoms with E-state index in [2.05, 4.69) is 37.3 Å². The number of rotatable bonds is 7. The van der Waals surface area contributed by atoms with Crippen LogP contribution in [0.15, 0.2) is 54.6 Å². The van der Waals surface area contributed by atoms with E-state index < -0.39 is 6.29 Å². The molecule has 3 aromatic rings. The van der Waals surface area contributed by atoms with E-state index >= 15 is 0 Å². The van der Waals surface area contributed by atoms with Crippen molar-refractivity contribution in [2.45, 2.75) is 44.5 Å². The van der Waals surface area contributed by atoms with Gasteiger partial charge in [0.2, 0.25) is 0 Å². The average molecular weight is 447 g/mol. The standard InChI is InChI=1S/C28H30O5/c1-17-20(6-5-9-25(17)30-2)22-7-4-8-24-23(22)12-13-26(24)33-19-10-11-21-18(14-28(29)31-3)16-32-27(21)15-19/h4-11,15,18,26,28-29H,12-14,16H2,1-3H3. The van der Waals surface area contributed by atoms with Crippen LogP contribution in [-0.4, -0.2) is 32.2 Å². The Morgan fingerprint density at radius 1 is 1.03 bits per heavy atom. The molecular formula is C28H30O5. The molecule has 33 heavy (non-hydrogen) atoms. The Balaban J connectivity index is 1.38. The minimum absolute atomic E-state index is 0.0106. The second kappa shape index (κ2) is 9.08. The summed E-state index contributed by atoms with van der Waals surface area (Å²) in [5.74, 6) is 2.68. The molecule has 0 spiro atoms. The van der Waals surface area contributed by atoms with Crippen molar-refractivity contribution in [3.05, 3.63) is 76.9 Å². The summed E-state index contributed by atoms with van der Waals surface area (Å²) in [6.07, 6.45) is 1.67. The van der Waals surface area contributed by atoms with Crippen LogP contribution < -0.4 is 14.2 Å². The first-order chi connectivity index (χ1) is 16.1. The Bertz CT molecular complexity index is 1160. The summed E-state index contributed by atoms with van der Waals surface area (Å²) in [7, 11) is 3.23. The van der Waals surface area contributed by atoms with Crippen LogP contribution in [0, 0.1) is 6.92 Å². The summed E-state index contributed by atoms with van der Waals surface area (Å²) in [6, 6.07) is 18.7. The maximum absolute atomic E-state index is 9.82. The van der Waals surface area contributed by atoms with Crippen LogP contribution in [0.5, 0.6) is 17.2 Å². The van der Waals surface area contributed by atoms with Gasteiger partial charge in [0.15, 0.2) is 6.29 Å². The zero-order chi connectivity index (χ0) is 22.9. The van der Waals surface area contributed by atoms with Gasteiger partial charge in [-0.3, -0.25) is 0 Å². The fraction of sp³-hybridized carbons (Fsp3) is 0.357. The van der Waals surface area contributed by atoms with Gasteiger partial charge >= 0.3 is 0 Å². The topological polar surface area (TPSA) is 57.2 Å². The van der Waals surface area contributed by atoms with E-state index in [9.17, 15) is 5.11 Å². The van der Waals surface area contributed by atoms with Crippen LogP contribution in [0.2, 0.25) is 0 Å². The lowest BCUT2D eigenvalue weighted by Gasteiger charge is -2.18. The number of ether oxygens (including phenoxy) is 4. The summed E-state index contributed by atoms with van der Waals surface area (Å²) >= 11 is 0. The molecule has 0 saturated heterocycles. The third kappa shape index (κ3) is 4.07. The summed E-state index contributed by atoms with van der Waals surface area (Å²) in [4.78, 5) is 0. The molecule has 3 atom stereocenters. The van der Waals surface area contributed by atoms with Crippen molar-refractivity contribution in [1.82, 2.24) is 0 Å². The van der Waals surface area contributed by atoms with Crippen molar-refractivity contribution in [2.75, 3.05) is 20.8 Å². The summed E-state index contributed by atoms with van der Waals surface area (Å²) in [6.45, 7) is 2.66. The van der Waals surface area contributed by atoms with Crippen LogP contribution in [-0.2, 0) is 11.2 Å². The van der Waals surface area contributed by atoms with E-state index in [1.807, 2.05) is 24.3 Å². The molecule has 1 aliphatic carbocycles. The molecule has 3 aromatic carbocycles. The second-order valence-corrected chi connectivity index (χ2v) is 8.78. The van der Waals surface area contributed by atoms with Gasteiger partial charge in [0, 0.05) is 31.1 Å². The summed E-state index contributed by atoms with van der Waals surface area (Å²) in [5, 5.41) is 9.82. The minimum atomic E-state index is -0.780. The molecule has 0 radical (unpaired) electrons. The van der Waals surface area contributed by atoms with E-state index in [4.69, 9.17) is 18.9 Å². The molecule has 1 heterocycles. The smallest absolute Gasteiger partial charge is 0.154 e. The first-order valence-electron chi connectivity index (χ1n) is 11.5. The molecule has 0 bridgehead atoms. The normalized spacial score (nSPS) is 19.5. The lowest BCUT2D eigenvalue weighted by Crippen LogP contribution is -2.15. The zero-order valence-corrected chi connectivity index (χ0v) is 19.3. The van der Waals surface area contributed by atoms with Gasteiger partial charge in [0.05, 0.1) is 13.7 Å². The maximum atomic E-state index is 9.82. The van der Waals surface area contributed by atoms with E-state index in [-0.39, 0.29) is 12.0 Å². The Morgan fingerprint density at radius 2 is 1.85 bits per heavy atom. The van der Waals surface area contributed by atoms with E-state index in [1.165, 1.54) is 29.4 Å². The second-order valence-electron chi connectivity index (χ2n) is 8.78. The van der Waals surface area contributed by atoms with Crippen LogP contribution in [0.4, 0.5) is 0 Å². The molecular weight excluding hydrogens is 416 g/mol. The SMILES string of the molecule is COc1cccc(-c2cccc3c2CCC3Oc2ccc3c(c2)OCC3CC(O)OC)c1C. The Morgan fingerprint density at radius 3 is 2.67 bits per heavy atom. The molecule has 0 fully saturated rings. The molecule has 1 N–H and O–H groups in total. The Hall–Kier alpha value is -3.02. The third-order valence-corrected chi connectivity index (χ3v) is 6.91. The van der Waals surface area contributed by atoms with Crippen molar-refractivity contribution in [2.24, 2.45) is 0 Å². The Kier molecular flexibility index (Phi) is 6.00. The Labute approximate surface area is 194 Å². The first-order valence-corrected chi connectivity index (χ1v) is 11.5. The maximum Gasteiger partial charge on any atom is 0.154 e. The highest BCUT2D eigenvalue weighted by molar-refractivity contribution is 5.74. The molecule has 3 unspecified atom stereocenters. The number of methoxy groups -OCH3 is 2. The van der Waals surface area contributed by atoms with Gasteiger partial charge in [-0.2, -0.15) is 0 Å². The molecule has 5 nitrogen and oxygen atoms in total. The number of benzene rings is 3. The van der Waals surface area contributed by atoms with Gasteiger partial charge in [-0.15, -0.1) is 0 Å². The number of aliphatic hydroxyl groups is 1. The largest absolute Gasteiger partial charge is 0.496 e. The molecule has 5 heteroatoms. The highest BCUT2D eigenvalue weighted by Gasteiger charge is 2.29. The first kappa shape index (κ1) is 21.8. The summed E-state index contributed by atoms with van der Waals surface area (Å²) in [5.41, 5.74) is 7.32. The van der Waals surface area contributed by atoms with E-state index in [0.29, 0.717) is 13.0 Å². The fourth-order valence-corrected chi connectivity index (χ4v) is 5.15. The van der Waals surface area contributed by atoms with Gasteiger partial charge in [-0.25, -0.2) is 0 Å². The van der Waals surface area contributed by atoms with Crippen LogP contribution in [0.1, 0.15) is 47.1 Å². The minimum Gasteiger partial charge on any atom is -0.496 e. The van der Waals surface area contributed by atoms with E-state index in [0.717, 1.165) is 41.2 Å². The molecule has 2 aliphatic rings. The van der Waals surface area contributed by atoms with Crippen molar-refractivity contribution in [3.63, 3.8) is 0 Å². The van der Waals surface area contributed by atoms with E-state index in [1.54, 1.807) is 7.11 Å². The zero-order valence-electron chi connectivity index (χ0n) is 19.3. The third-order valence-electron chi connectivity index (χ3n) is 6.91. The lowest BCUT2D eigenvalue weighted by atomic mass is 9.93. The molecule has 172 valence electrons. The van der Waals surface area contributed by atoms with Gasteiger partial charge in [0.1, 0.15) is 23.4 Å². The summed E-state index contributed by atoms with van der Waals surface area (Å²) < 4.78 is 22.9. The van der Waals surface area contributed by atoms with Crippen molar-refractivity contribution >= 4 is 0 Å². The fourth-order valence-electron chi connectivity index (χ4n) is 5.15. The quantitative estimate of drug-likeness (QED) is 0.481. The van der Waals surface area contributed by atoms with Crippen molar-refractivity contribution in [3.8, 4) is 28.4 Å². The van der Waals surface area contributed by atoms with Gasteiger partial charge in [-0.05, 0) is 59.7 Å². The molecule has 0 aromatic heterocycles. The molecule has 5 rings (SSSR count). The number of hydrogen-bond donors (Lipinski definition) is 1. The van der Waals surface area contributed by atoms with Crippen molar-refractivity contribution in [1.29, 1.82) is 0 Å². The van der Waals surface area contributed by atoms with Gasteiger partial charge < -0.3 is 24.1 Å². The van der Waals surface area contributed by atoms with Gasteiger partial charge in [0.25, 0.3) is 0 Å². The predicted molar refractivity (Wildman–Crippen MR) is 127 cm³/mol. The van der Waals surface area contributed by atoms with Crippen LogP contribution >= 0.6 is 0 Å². The lowest BCUT2D eigenvalue weighted by molar-refractivity contribution is -0.0826. The highest BCUT2D eigenvalue weighted by atomic mass is 16.6. The van der Waals surface area contributed by atoms with Crippen molar-refractivity contribution < 1.29 is 24.1 Å². The molecule has 0 amide bonds. The van der Waals surface area contributed by atoms with Gasteiger partial charge in [-0.1, -0.05) is 36.4 Å². The number of hydrogen-bond acceptors (Lipinski definition) is 5. The van der Waals surface area contributed by atoms with Crippen LogP contribution in [0.3, 0.4) is 0 Å². The molecule has 1 aliphatic heterocycles. The monoisotopic (exact) mass is 446 g/mol. The predicted octanol–water partition coefficient (Wildman–Crippen LogP) is 5.57.